The molecule has 1 aromatic carbocycles. The number of rotatable bonds is 7. The lowest BCUT2D eigenvalue weighted by molar-refractivity contribution is -0.149. The summed E-state index contributed by atoms with van der Waals surface area (Å²) in [5.41, 5.74) is 5.15. The molecule has 0 saturated heterocycles. The van der Waals surface area contributed by atoms with Gasteiger partial charge in [0.05, 0.1) is 12.7 Å². The number of hydrogen-bond donors (Lipinski definition) is 2. The number of anilines is 1. The van der Waals surface area contributed by atoms with Crippen LogP contribution in [0, 0.1) is 22.7 Å². The predicted octanol–water partition coefficient (Wildman–Crippen LogP) is 2.86. The number of H-pyrrole nitrogens is 1. The van der Waals surface area contributed by atoms with E-state index in [0.717, 1.165) is 0 Å². The monoisotopic (exact) mass is 474 g/mol. The summed E-state index contributed by atoms with van der Waals surface area (Å²) in [5.74, 6) is -0.214. The number of nitrogens with two attached hydrogens (primary N) is 1. The van der Waals surface area contributed by atoms with Crippen molar-refractivity contribution in [1.82, 2.24) is 4.98 Å². The maximum Gasteiger partial charge on any atom is 0.344 e. The Labute approximate surface area is 181 Å². The summed E-state index contributed by atoms with van der Waals surface area (Å²) < 4.78 is 16.6. The standard InChI is InChI=1S/C20H19BrN4O5/c1-4-28-15-5-11(14(21)6-16(15)29-9-17(26)30-10(2)3)18-12(7-22)19(24)25-20(27)13(18)8-23/h5-6,10H,4,9H2,1-3H3,(H3,24,25,27). The summed E-state index contributed by atoms with van der Waals surface area (Å²) in [6.45, 7) is 5.14. The summed E-state index contributed by atoms with van der Waals surface area (Å²) in [6, 6.07) is 6.75. The molecule has 0 fully saturated rings. The van der Waals surface area contributed by atoms with E-state index < -0.39 is 11.5 Å². The largest absolute Gasteiger partial charge is 0.490 e. The van der Waals surface area contributed by atoms with Gasteiger partial charge in [0, 0.05) is 15.6 Å². The van der Waals surface area contributed by atoms with E-state index in [1.54, 1.807) is 20.8 Å². The second-order valence-corrected chi connectivity index (χ2v) is 7.11. The van der Waals surface area contributed by atoms with E-state index in [1.165, 1.54) is 12.1 Å². The van der Waals surface area contributed by atoms with E-state index in [1.807, 2.05) is 12.1 Å². The van der Waals surface area contributed by atoms with Crippen LogP contribution in [0.5, 0.6) is 11.5 Å². The average molecular weight is 475 g/mol. The molecule has 0 saturated carbocycles. The quantitative estimate of drug-likeness (QED) is 0.580. The van der Waals surface area contributed by atoms with Crippen LogP contribution in [-0.2, 0) is 9.53 Å². The Hall–Kier alpha value is -3.50. The zero-order valence-electron chi connectivity index (χ0n) is 16.5. The highest BCUT2D eigenvalue weighted by Crippen LogP contribution is 2.41. The second kappa shape index (κ2) is 9.81. The first-order chi connectivity index (χ1) is 14.2. The van der Waals surface area contributed by atoms with Crippen molar-refractivity contribution >= 4 is 27.7 Å². The molecule has 1 aromatic heterocycles. The van der Waals surface area contributed by atoms with Crippen LogP contribution in [0.2, 0.25) is 0 Å². The third kappa shape index (κ3) is 4.91. The number of aromatic amines is 1. The van der Waals surface area contributed by atoms with Gasteiger partial charge in [0.15, 0.2) is 18.1 Å². The van der Waals surface area contributed by atoms with Gasteiger partial charge in [-0.2, -0.15) is 10.5 Å². The van der Waals surface area contributed by atoms with Gasteiger partial charge in [-0.05, 0) is 32.9 Å². The van der Waals surface area contributed by atoms with Gasteiger partial charge in [0.25, 0.3) is 5.56 Å². The zero-order valence-corrected chi connectivity index (χ0v) is 18.1. The lowest BCUT2D eigenvalue weighted by Gasteiger charge is -2.16. The highest BCUT2D eigenvalue weighted by atomic mass is 79.9. The smallest absolute Gasteiger partial charge is 0.344 e. The van der Waals surface area contributed by atoms with Crippen molar-refractivity contribution in [3.8, 4) is 34.8 Å². The molecule has 10 heteroatoms. The van der Waals surface area contributed by atoms with Crippen LogP contribution in [0.3, 0.4) is 0 Å². The Morgan fingerprint density at radius 2 is 1.83 bits per heavy atom. The van der Waals surface area contributed by atoms with E-state index >= 15 is 0 Å². The van der Waals surface area contributed by atoms with Crippen LogP contribution < -0.4 is 20.8 Å². The molecule has 156 valence electrons. The molecule has 9 nitrogen and oxygen atoms in total. The molecule has 2 aromatic rings. The van der Waals surface area contributed by atoms with Crippen LogP contribution >= 0.6 is 15.9 Å². The minimum atomic E-state index is -0.717. The van der Waals surface area contributed by atoms with Crippen molar-refractivity contribution in [2.45, 2.75) is 26.9 Å². The van der Waals surface area contributed by atoms with Crippen LogP contribution in [0.1, 0.15) is 31.9 Å². The van der Waals surface area contributed by atoms with Crippen LogP contribution in [-0.4, -0.2) is 30.3 Å². The Kier molecular flexibility index (Phi) is 7.45. The molecule has 1 heterocycles. The van der Waals surface area contributed by atoms with E-state index in [2.05, 4.69) is 20.9 Å². The van der Waals surface area contributed by atoms with E-state index in [4.69, 9.17) is 19.9 Å². The first kappa shape index (κ1) is 22.8. The summed E-state index contributed by atoms with van der Waals surface area (Å²) in [5, 5.41) is 19.0. The maximum absolute atomic E-state index is 12.2. The molecule has 2 rings (SSSR count). The van der Waals surface area contributed by atoms with Gasteiger partial charge in [-0.25, -0.2) is 4.79 Å². The molecule has 0 unspecified atom stereocenters. The number of esters is 1. The zero-order chi connectivity index (χ0) is 22.4. The fourth-order valence-electron chi connectivity index (χ4n) is 2.65. The number of carbonyl (C=O) groups excluding carboxylic acids is 1. The SMILES string of the molecule is CCOc1cc(-c2c(C#N)c(N)[nH]c(=O)c2C#N)c(Br)cc1OCC(=O)OC(C)C. The number of pyridine rings is 1. The highest BCUT2D eigenvalue weighted by Gasteiger charge is 2.22. The molecule has 0 aliphatic rings. The highest BCUT2D eigenvalue weighted by molar-refractivity contribution is 9.10. The molecule has 0 radical (unpaired) electrons. The number of ether oxygens (including phenoxy) is 3. The van der Waals surface area contributed by atoms with E-state index in [9.17, 15) is 20.1 Å². The number of hydrogen-bond acceptors (Lipinski definition) is 8. The maximum atomic E-state index is 12.2. The summed E-state index contributed by atoms with van der Waals surface area (Å²) in [7, 11) is 0. The first-order valence-electron chi connectivity index (χ1n) is 8.88. The van der Waals surface area contributed by atoms with Crippen molar-refractivity contribution < 1.29 is 19.0 Å². The first-order valence-corrected chi connectivity index (χ1v) is 9.67. The van der Waals surface area contributed by atoms with Crippen LogP contribution in [0.25, 0.3) is 11.1 Å². The normalized spacial score (nSPS) is 10.2. The van der Waals surface area contributed by atoms with Gasteiger partial charge >= 0.3 is 5.97 Å². The van der Waals surface area contributed by atoms with Gasteiger partial charge in [-0.15, -0.1) is 0 Å². The van der Waals surface area contributed by atoms with Crippen molar-refractivity contribution in [2.24, 2.45) is 0 Å². The Bertz CT molecular complexity index is 1110. The fraction of sp³-hybridized carbons (Fsp3) is 0.300. The number of aromatic nitrogens is 1. The number of nitriles is 2. The number of carbonyl (C=O) groups is 1. The summed E-state index contributed by atoms with van der Waals surface area (Å²) in [4.78, 5) is 26.3. The molecule has 0 bridgehead atoms. The molecule has 0 spiro atoms. The van der Waals surface area contributed by atoms with Crippen molar-refractivity contribution in [3.63, 3.8) is 0 Å². The summed E-state index contributed by atoms with van der Waals surface area (Å²) >= 11 is 3.37. The minimum absolute atomic E-state index is 0.0523. The van der Waals surface area contributed by atoms with Crippen LogP contribution in [0.15, 0.2) is 21.4 Å². The molecular formula is C20H19BrN4O5. The van der Waals surface area contributed by atoms with Crippen molar-refractivity contribution in [2.75, 3.05) is 18.9 Å². The van der Waals surface area contributed by atoms with Gasteiger partial charge in [-0.1, -0.05) is 15.9 Å². The van der Waals surface area contributed by atoms with Crippen molar-refractivity contribution in [1.29, 1.82) is 10.5 Å². The fourth-order valence-corrected chi connectivity index (χ4v) is 3.17. The topological polar surface area (TPSA) is 151 Å². The predicted molar refractivity (Wildman–Crippen MR) is 112 cm³/mol. The van der Waals surface area contributed by atoms with Crippen molar-refractivity contribution in [3.05, 3.63) is 38.1 Å². The van der Waals surface area contributed by atoms with E-state index in [0.29, 0.717) is 10.0 Å². The van der Waals surface area contributed by atoms with Gasteiger partial charge in [0.1, 0.15) is 29.1 Å². The average Bonchev–Trinajstić information content (AvgIpc) is 2.67. The summed E-state index contributed by atoms with van der Waals surface area (Å²) in [6.07, 6.45) is -0.281. The Morgan fingerprint density at radius 1 is 1.20 bits per heavy atom. The number of nitrogens with one attached hydrogen (secondary N) is 1. The third-order valence-electron chi connectivity index (χ3n) is 3.78. The number of halogens is 1. The number of benzene rings is 1. The molecule has 30 heavy (non-hydrogen) atoms. The number of nitrogens with zero attached hydrogens (tertiary/aromatic N) is 2. The van der Waals surface area contributed by atoms with E-state index in [-0.39, 0.29) is 53.3 Å². The Morgan fingerprint density at radius 3 is 2.40 bits per heavy atom. The molecule has 0 atom stereocenters. The minimum Gasteiger partial charge on any atom is -0.490 e. The number of nitrogen functional groups attached to an aromatic ring is 1. The lowest BCUT2D eigenvalue weighted by atomic mass is 9.96. The molecular weight excluding hydrogens is 456 g/mol. The lowest BCUT2D eigenvalue weighted by Crippen LogP contribution is -2.19. The van der Waals surface area contributed by atoms with Gasteiger partial charge in [0.2, 0.25) is 0 Å². The van der Waals surface area contributed by atoms with Gasteiger partial charge in [-0.3, -0.25) is 4.79 Å². The molecule has 3 N–H and O–H groups in total. The van der Waals surface area contributed by atoms with Crippen LogP contribution in [0.4, 0.5) is 5.82 Å². The van der Waals surface area contributed by atoms with Gasteiger partial charge < -0.3 is 24.9 Å². The third-order valence-corrected chi connectivity index (χ3v) is 4.44. The molecule has 0 amide bonds. The Balaban J connectivity index is 2.62. The second-order valence-electron chi connectivity index (χ2n) is 6.26. The molecule has 0 aliphatic heterocycles. The molecule has 0 aliphatic carbocycles.